The summed E-state index contributed by atoms with van der Waals surface area (Å²) in [6.07, 6.45) is 3.06. The molecule has 6 nitrogen and oxygen atoms in total. The van der Waals surface area contributed by atoms with Gasteiger partial charge in [-0.1, -0.05) is 0 Å². The van der Waals surface area contributed by atoms with Crippen LogP contribution < -0.4 is 14.9 Å². The monoisotopic (exact) mass is 313 g/mol. The third-order valence-electron chi connectivity index (χ3n) is 3.04. The summed E-state index contributed by atoms with van der Waals surface area (Å²) in [5, 5.41) is 3.95. The Balaban J connectivity index is 2.03. The fourth-order valence-corrected chi connectivity index (χ4v) is 1.87. The largest absolute Gasteiger partial charge is 0.493 e. The fourth-order valence-electron chi connectivity index (χ4n) is 1.87. The summed E-state index contributed by atoms with van der Waals surface area (Å²) in [5.41, 5.74) is 4.56. The maximum absolute atomic E-state index is 11.9. The standard InChI is InChI=1S/C17H19N3O3/c1-4-23-16-9-13(6-8-15(16)22-3)10-19-20-17(21)14-7-5-12(2)18-11-14/h5-11H,4H2,1-3H3,(H,20,21)/b19-10+. The predicted octanol–water partition coefficient (Wildman–Crippen LogP) is 2.56. The van der Waals surface area contributed by atoms with Gasteiger partial charge in [-0.3, -0.25) is 9.78 Å². The molecular weight excluding hydrogens is 294 g/mol. The molecule has 1 aromatic carbocycles. The maximum Gasteiger partial charge on any atom is 0.272 e. The minimum absolute atomic E-state index is 0.313. The molecule has 0 radical (unpaired) electrons. The van der Waals surface area contributed by atoms with Gasteiger partial charge in [0, 0.05) is 11.9 Å². The summed E-state index contributed by atoms with van der Waals surface area (Å²) in [4.78, 5) is 16.0. The zero-order valence-corrected chi connectivity index (χ0v) is 13.4. The van der Waals surface area contributed by atoms with Crippen molar-refractivity contribution < 1.29 is 14.3 Å². The summed E-state index contributed by atoms with van der Waals surface area (Å²) in [7, 11) is 1.58. The SMILES string of the molecule is CCOc1cc(/C=N/NC(=O)c2ccc(C)nc2)ccc1OC. The molecular formula is C17H19N3O3. The number of hydrogen-bond acceptors (Lipinski definition) is 5. The Morgan fingerprint density at radius 3 is 2.78 bits per heavy atom. The minimum atomic E-state index is -0.313. The molecule has 0 atom stereocenters. The number of amides is 1. The lowest BCUT2D eigenvalue weighted by molar-refractivity contribution is 0.0955. The number of methoxy groups -OCH3 is 1. The second kappa shape index (κ2) is 7.93. The lowest BCUT2D eigenvalue weighted by Gasteiger charge is -2.09. The number of hydrogen-bond donors (Lipinski definition) is 1. The number of benzene rings is 1. The Morgan fingerprint density at radius 1 is 1.30 bits per heavy atom. The number of carbonyl (C=O) groups excluding carboxylic acids is 1. The van der Waals surface area contributed by atoms with Crippen molar-refractivity contribution in [3.63, 3.8) is 0 Å². The van der Waals surface area contributed by atoms with Crippen molar-refractivity contribution in [1.29, 1.82) is 0 Å². The van der Waals surface area contributed by atoms with Crippen LogP contribution in [0.4, 0.5) is 0 Å². The molecule has 0 saturated carbocycles. The van der Waals surface area contributed by atoms with E-state index in [-0.39, 0.29) is 5.91 Å². The molecule has 0 unspecified atom stereocenters. The van der Waals surface area contributed by atoms with E-state index in [1.165, 1.54) is 6.20 Å². The molecule has 0 aliphatic heterocycles. The smallest absolute Gasteiger partial charge is 0.272 e. The average molecular weight is 313 g/mol. The van der Waals surface area contributed by atoms with E-state index in [9.17, 15) is 4.79 Å². The number of ether oxygens (including phenoxy) is 2. The Morgan fingerprint density at radius 2 is 2.13 bits per heavy atom. The third kappa shape index (κ3) is 4.54. The van der Waals surface area contributed by atoms with E-state index in [0.29, 0.717) is 23.7 Å². The number of aryl methyl sites for hydroxylation is 1. The first-order valence-electron chi connectivity index (χ1n) is 7.21. The lowest BCUT2D eigenvalue weighted by Crippen LogP contribution is -2.17. The number of aromatic nitrogens is 1. The van der Waals surface area contributed by atoms with Gasteiger partial charge in [0.1, 0.15) is 0 Å². The van der Waals surface area contributed by atoms with Crippen molar-refractivity contribution in [3.8, 4) is 11.5 Å². The highest BCUT2D eigenvalue weighted by Gasteiger charge is 2.05. The van der Waals surface area contributed by atoms with Gasteiger partial charge in [0.2, 0.25) is 0 Å². The molecule has 0 fully saturated rings. The van der Waals surface area contributed by atoms with E-state index >= 15 is 0 Å². The Bertz CT molecular complexity index is 697. The van der Waals surface area contributed by atoms with Crippen LogP contribution in [0.5, 0.6) is 11.5 Å². The van der Waals surface area contributed by atoms with Crippen LogP contribution in [0.3, 0.4) is 0 Å². The molecule has 1 N–H and O–H groups in total. The first kappa shape index (κ1) is 16.5. The van der Waals surface area contributed by atoms with Crippen LogP contribution in [0.25, 0.3) is 0 Å². The van der Waals surface area contributed by atoms with Gasteiger partial charge in [-0.05, 0) is 49.7 Å². The first-order valence-corrected chi connectivity index (χ1v) is 7.21. The molecule has 120 valence electrons. The van der Waals surface area contributed by atoms with Crippen LogP contribution in [0.2, 0.25) is 0 Å². The Labute approximate surface area is 135 Å². The van der Waals surface area contributed by atoms with E-state index in [0.717, 1.165) is 11.3 Å². The van der Waals surface area contributed by atoms with E-state index in [4.69, 9.17) is 9.47 Å². The van der Waals surface area contributed by atoms with Gasteiger partial charge in [-0.2, -0.15) is 5.10 Å². The van der Waals surface area contributed by atoms with Crippen molar-refractivity contribution >= 4 is 12.1 Å². The molecule has 0 bridgehead atoms. The molecule has 1 aromatic heterocycles. The van der Waals surface area contributed by atoms with Gasteiger partial charge in [-0.25, -0.2) is 5.43 Å². The molecule has 2 rings (SSSR count). The van der Waals surface area contributed by atoms with Gasteiger partial charge < -0.3 is 9.47 Å². The number of carbonyl (C=O) groups is 1. The average Bonchev–Trinajstić information content (AvgIpc) is 2.56. The first-order chi connectivity index (χ1) is 11.1. The Hall–Kier alpha value is -2.89. The van der Waals surface area contributed by atoms with Gasteiger partial charge in [0.25, 0.3) is 5.91 Å². The second-order valence-electron chi connectivity index (χ2n) is 4.73. The van der Waals surface area contributed by atoms with Gasteiger partial charge >= 0.3 is 0 Å². The van der Waals surface area contributed by atoms with Crippen molar-refractivity contribution in [2.75, 3.05) is 13.7 Å². The summed E-state index contributed by atoms with van der Waals surface area (Å²) in [6, 6.07) is 8.89. The van der Waals surface area contributed by atoms with Gasteiger partial charge in [0.05, 0.1) is 25.5 Å². The topological polar surface area (TPSA) is 72.8 Å². The maximum atomic E-state index is 11.9. The predicted molar refractivity (Wildman–Crippen MR) is 88.2 cm³/mol. The number of pyridine rings is 1. The molecule has 6 heteroatoms. The molecule has 1 amide bonds. The molecule has 23 heavy (non-hydrogen) atoms. The Kier molecular flexibility index (Phi) is 5.68. The number of hydrazone groups is 1. The zero-order valence-electron chi connectivity index (χ0n) is 13.4. The summed E-state index contributed by atoms with van der Waals surface area (Å²) in [5.74, 6) is 0.971. The third-order valence-corrected chi connectivity index (χ3v) is 3.04. The van der Waals surface area contributed by atoms with Crippen molar-refractivity contribution in [3.05, 3.63) is 53.3 Å². The fraction of sp³-hybridized carbons (Fsp3) is 0.235. The summed E-state index contributed by atoms with van der Waals surface area (Å²) in [6.45, 7) is 4.30. The van der Waals surface area contributed by atoms with E-state index in [2.05, 4.69) is 15.5 Å². The van der Waals surface area contributed by atoms with Gasteiger partial charge in [0.15, 0.2) is 11.5 Å². The van der Waals surface area contributed by atoms with Crippen LogP contribution in [0, 0.1) is 6.92 Å². The van der Waals surface area contributed by atoms with Crippen LogP contribution in [0.1, 0.15) is 28.5 Å². The van der Waals surface area contributed by atoms with Crippen molar-refractivity contribution in [2.24, 2.45) is 5.10 Å². The van der Waals surface area contributed by atoms with Crippen molar-refractivity contribution in [2.45, 2.75) is 13.8 Å². The van der Waals surface area contributed by atoms with Crippen LogP contribution in [-0.4, -0.2) is 30.8 Å². The quantitative estimate of drug-likeness (QED) is 0.657. The number of rotatable bonds is 6. The van der Waals surface area contributed by atoms with Crippen molar-refractivity contribution in [1.82, 2.24) is 10.4 Å². The molecule has 0 spiro atoms. The highest BCUT2D eigenvalue weighted by Crippen LogP contribution is 2.27. The van der Waals surface area contributed by atoms with E-state index in [1.54, 1.807) is 37.6 Å². The minimum Gasteiger partial charge on any atom is -0.493 e. The molecule has 0 aliphatic rings. The van der Waals surface area contributed by atoms with E-state index in [1.807, 2.05) is 19.9 Å². The highest BCUT2D eigenvalue weighted by atomic mass is 16.5. The summed E-state index contributed by atoms with van der Waals surface area (Å²) < 4.78 is 10.7. The second-order valence-corrected chi connectivity index (χ2v) is 4.73. The lowest BCUT2D eigenvalue weighted by atomic mass is 10.2. The molecule has 0 aliphatic carbocycles. The zero-order chi connectivity index (χ0) is 16.7. The number of nitrogens with one attached hydrogen (secondary N) is 1. The van der Waals surface area contributed by atoms with Crippen LogP contribution in [0.15, 0.2) is 41.6 Å². The van der Waals surface area contributed by atoms with Crippen LogP contribution in [-0.2, 0) is 0 Å². The molecule has 0 saturated heterocycles. The van der Waals surface area contributed by atoms with Crippen LogP contribution >= 0.6 is 0 Å². The van der Waals surface area contributed by atoms with E-state index < -0.39 is 0 Å². The molecule has 2 aromatic rings. The normalized spacial score (nSPS) is 10.6. The molecule has 1 heterocycles. The number of nitrogens with zero attached hydrogens (tertiary/aromatic N) is 2. The van der Waals surface area contributed by atoms with Gasteiger partial charge in [-0.15, -0.1) is 0 Å². The summed E-state index contributed by atoms with van der Waals surface area (Å²) >= 11 is 0. The highest BCUT2D eigenvalue weighted by molar-refractivity contribution is 5.94.